The van der Waals surface area contributed by atoms with Crippen molar-refractivity contribution in [1.29, 1.82) is 0 Å². The van der Waals surface area contributed by atoms with Crippen LogP contribution in [0.15, 0.2) is 48.5 Å². The lowest BCUT2D eigenvalue weighted by Gasteiger charge is -2.31. The van der Waals surface area contributed by atoms with E-state index in [2.05, 4.69) is 20.7 Å². The second kappa shape index (κ2) is 11.1. The number of hydrogen-bond donors (Lipinski definition) is 1. The average molecular weight is 477 g/mol. The molecular formula is C26H32N6O3. The van der Waals surface area contributed by atoms with Crippen molar-refractivity contribution < 1.29 is 14.3 Å². The molecule has 1 aliphatic carbocycles. The quantitative estimate of drug-likeness (QED) is 0.507. The molecule has 9 heteroatoms. The van der Waals surface area contributed by atoms with E-state index in [4.69, 9.17) is 4.74 Å². The number of nitrogens with one attached hydrogen (secondary N) is 1. The van der Waals surface area contributed by atoms with Crippen LogP contribution in [0, 0.1) is 6.92 Å². The SMILES string of the molecule is CC[C@H](C(=O)NC1CCCC1)N(C(=O)Cn1nnc(-c2ccc(C)cc2)n1)c1ccc(OC)cc1. The summed E-state index contributed by atoms with van der Waals surface area (Å²) in [7, 11) is 1.59. The van der Waals surface area contributed by atoms with Crippen LogP contribution in [0.5, 0.6) is 5.75 Å². The van der Waals surface area contributed by atoms with Gasteiger partial charge in [0.15, 0.2) is 0 Å². The van der Waals surface area contributed by atoms with Gasteiger partial charge in [-0.15, -0.1) is 10.2 Å². The first-order valence-electron chi connectivity index (χ1n) is 12.1. The number of rotatable bonds is 9. The van der Waals surface area contributed by atoms with Gasteiger partial charge in [-0.25, -0.2) is 0 Å². The van der Waals surface area contributed by atoms with Gasteiger partial charge in [0.25, 0.3) is 5.91 Å². The van der Waals surface area contributed by atoms with Gasteiger partial charge >= 0.3 is 0 Å². The third-order valence-electron chi connectivity index (χ3n) is 6.36. The topological polar surface area (TPSA) is 102 Å². The van der Waals surface area contributed by atoms with E-state index < -0.39 is 6.04 Å². The van der Waals surface area contributed by atoms with E-state index >= 15 is 0 Å². The van der Waals surface area contributed by atoms with Crippen molar-refractivity contribution in [2.75, 3.05) is 12.0 Å². The van der Waals surface area contributed by atoms with E-state index in [1.165, 1.54) is 4.80 Å². The standard InChI is InChI=1S/C26H32N6O3/c1-4-23(26(34)27-20-7-5-6-8-20)32(21-13-15-22(35-3)16-14-21)24(33)17-31-29-25(28-30-31)19-11-9-18(2)10-12-19/h9-16,20,23H,4-8,17H2,1-3H3,(H,27,34)/t23-/m1/s1. The summed E-state index contributed by atoms with van der Waals surface area (Å²) in [5.74, 6) is 0.678. The van der Waals surface area contributed by atoms with E-state index in [0.717, 1.165) is 36.8 Å². The van der Waals surface area contributed by atoms with Crippen LogP contribution in [0.1, 0.15) is 44.6 Å². The number of ether oxygens (including phenoxy) is 1. The Morgan fingerprint density at radius 2 is 1.80 bits per heavy atom. The van der Waals surface area contributed by atoms with E-state index in [9.17, 15) is 9.59 Å². The lowest BCUT2D eigenvalue weighted by atomic mass is 10.1. The summed E-state index contributed by atoms with van der Waals surface area (Å²) >= 11 is 0. The summed E-state index contributed by atoms with van der Waals surface area (Å²) in [4.78, 5) is 29.7. The smallest absolute Gasteiger partial charge is 0.251 e. The van der Waals surface area contributed by atoms with Gasteiger partial charge in [0.1, 0.15) is 18.3 Å². The van der Waals surface area contributed by atoms with Gasteiger partial charge in [-0.3, -0.25) is 14.5 Å². The van der Waals surface area contributed by atoms with Crippen molar-refractivity contribution in [3.8, 4) is 17.1 Å². The average Bonchev–Trinajstić information content (AvgIpc) is 3.55. The molecule has 1 saturated carbocycles. The summed E-state index contributed by atoms with van der Waals surface area (Å²) in [5, 5.41) is 15.7. The van der Waals surface area contributed by atoms with Crippen molar-refractivity contribution in [3.63, 3.8) is 0 Å². The zero-order valence-electron chi connectivity index (χ0n) is 20.5. The molecule has 0 radical (unpaired) electrons. The van der Waals surface area contributed by atoms with E-state index in [1.54, 1.807) is 36.3 Å². The number of aromatic nitrogens is 4. The molecule has 1 heterocycles. The summed E-state index contributed by atoms with van der Waals surface area (Å²) in [5.41, 5.74) is 2.57. The molecule has 35 heavy (non-hydrogen) atoms. The molecule has 0 bridgehead atoms. The Kier molecular flexibility index (Phi) is 7.74. The monoisotopic (exact) mass is 476 g/mol. The number of methoxy groups -OCH3 is 1. The number of aryl methyl sites for hydroxylation is 1. The van der Waals surface area contributed by atoms with E-state index in [0.29, 0.717) is 23.7 Å². The highest BCUT2D eigenvalue weighted by molar-refractivity contribution is 6.00. The molecule has 2 aromatic carbocycles. The molecule has 0 aliphatic heterocycles. The van der Waals surface area contributed by atoms with Crippen LogP contribution in [0.3, 0.4) is 0 Å². The fourth-order valence-electron chi connectivity index (χ4n) is 4.42. The molecular weight excluding hydrogens is 444 g/mol. The molecule has 1 aliphatic rings. The number of carbonyl (C=O) groups is 2. The van der Waals surface area contributed by atoms with Crippen LogP contribution < -0.4 is 15.0 Å². The van der Waals surface area contributed by atoms with Crippen LogP contribution in [0.2, 0.25) is 0 Å². The fraction of sp³-hybridized carbons (Fsp3) is 0.423. The minimum atomic E-state index is -0.656. The number of anilines is 1. The van der Waals surface area contributed by atoms with Gasteiger partial charge in [0.05, 0.1) is 7.11 Å². The Balaban J connectivity index is 1.57. The first kappa shape index (κ1) is 24.4. The first-order valence-corrected chi connectivity index (χ1v) is 12.1. The third-order valence-corrected chi connectivity index (χ3v) is 6.36. The highest BCUT2D eigenvalue weighted by Gasteiger charge is 2.32. The third kappa shape index (κ3) is 5.85. The number of hydrogen-bond acceptors (Lipinski definition) is 6. The highest BCUT2D eigenvalue weighted by Crippen LogP contribution is 2.24. The van der Waals surface area contributed by atoms with Gasteiger partial charge in [0, 0.05) is 17.3 Å². The van der Waals surface area contributed by atoms with Crippen molar-refractivity contribution >= 4 is 17.5 Å². The second-order valence-electron chi connectivity index (χ2n) is 8.89. The number of benzene rings is 2. The molecule has 4 rings (SSSR count). The molecule has 0 saturated heterocycles. The lowest BCUT2D eigenvalue weighted by molar-refractivity contribution is -0.127. The molecule has 0 spiro atoms. The number of tetrazole rings is 1. The molecule has 1 N–H and O–H groups in total. The predicted molar refractivity (Wildman–Crippen MR) is 133 cm³/mol. The minimum absolute atomic E-state index is 0.141. The molecule has 1 atom stereocenters. The minimum Gasteiger partial charge on any atom is -0.497 e. The maximum atomic E-state index is 13.6. The first-order chi connectivity index (χ1) is 17.0. The molecule has 1 aromatic heterocycles. The molecule has 9 nitrogen and oxygen atoms in total. The number of carbonyl (C=O) groups excluding carboxylic acids is 2. The Morgan fingerprint density at radius 1 is 1.11 bits per heavy atom. The molecule has 2 amide bonds. The Labute approximate surface area is 205 Å². The number of nitrogens with zero attached hydrogens (tertiary/aromatic N) is 5. The van der Waals surface area contributed by atoms with Crippen LogP contribution in [0.4, 0.5) is 5.69 Å². The second-order valence-corrected chi connectivity index (χ2v) is 8.89. The Hall–Kier alpha value is -3.75. The van der Waals surface area contributed by atoms with E-state index in [1.807, 2.05) is 38.1 Å². The van der Waals surface area contributed by atoms with Gasteiger partial charge in [-0.05, 0) is 55.7 Å². The van der Waals surface area contributed by atoms with Gasteiger partial charge in [0.2, 0.25) is 11.7 Å². The maximum absolute atomic E-state index is 13.6. The van der Waals surface area contributed by atoms with Crippen molar-refractivity contribution in [2.45, 2.75) is 64.6 Å². The van der Waals surface area contributed by atoms with Crippen molar-refractivity contribution in [1.82, 2.24) is 25.5 Å². The lowest BCUT2D eigenvalue weighted by Crippen LogP contribution is -2.52. The Morgan fingerprint density at radius 3 is 2.43 bits per heavy atom. The van der Waals surface area contributed by atoms with Gasteiger partial charge in [-0.1, -0.05) is 49.6 Å². The van der Waals surface area contributed by atoms with Crippen molar-refractivity contribution in [3.05, 3.63) is 54.1 Å². The highest BCUT2D eigenvalue weighted by atomic mass is 16.5. The molecule has 1 fully saturated rings. The Bertz CT molecular complexity index is 1140. The zero-order valence-corrected chi connectivity index (χ0v) is 20.5. The number of amides is 2. The largest absolute Gasteiger partial charge is 0.497 e. The summed E-state index contributed by atoms with van der Waals surface area (Å²) in [6.07, 6.45) is 4.65. The van der Waals surface area contributed by atoms with E-state index in [-0.39, 0.29) is 24.4 Å². The predicted octanol–water partition coefficient (Wildman–Crippen LogP) is 3.53. The normalized spacial score (nSPS) is 14.5. The zero-order chi connectivity index (χ0) is 24.8. The van der Waals surface area contributed by atoms with Crippen LogP contribution in [0.25, 0.3) is 11.4 Å². The molecule has 3 aromatic rings. The van der Waals surface area contributed by atoms with Crippen LogP contribution in [-0.4, -0.2) is 51.2 Å². The van der Waals surface area contributed by atoms with Crippen molar-refractivity contribution in [2.24, 2.45) is 0 Å². The summed E-state index contributed by atoms with van der Waals surface area (Å²) < 4.78 is 5.27. The summed E-state index contributed by atoms with van der Waals surface area (Å²) in [6.45, 7) is 3.78. The van der Waals surface area contributed by atoms with Crippen LogP contribution >= 0.6 is 0 Å². The van der Waals surface area contributed by atoms with Crippen LogP contribution in [-0.2, 0) is 16.1 Å². The molecule has 0 unspecified atom stereocenters. The maximum Gasteiger partial charge on any atom is 0.251 e. The summed E-state index contributed by atoms with van der Waals surface area (Å²) in [6, 6.07) is 14.4. The van der Waals surface area contributed by atoms with Gasteiger partial charge in [-0.2, -0.15) is 4.80 Å². The fourth-order valence-corrected chi connectivity index (χ4v) is 4.42. The van der Waals surface area contributed by atoms with Gasteiger partial charge < -0.3 is 10.1 Å². The molecule has 184 valence electrons.